The van der Waals surface area contributed by atoms with Crippen LogP contribution in [-0.2, 0) is 4.79 Å². The Labute approximate surface area is 129 Å². The number of tetrazole rings is 1. The van der Waals surface area contributed by atoms with Crippen molar-refractivity contribution in [1.82, 2.24) is 25.1 Å². The summed E-state index contributed by atoms with van der Waals surface area (Å²) in [6.45, 7) is 6.77. The van der Waals surface area contributed by atoms with E-state index in [1.54, 1.807) is 4.68 Å². The largest absolute Gasteiger partial charge is 0.339 e. The maximum Gasteiger partial charge on any atom is 0.250 e. The first kappa shape index (κ1) is 14.5. The average Bonchev–Trinajstić information content (AvgIpc) is 3.04. The summed E-state index contributed by atoms with van der Waals surface area (Å²) < 4.78 is 1.74. The predicted octanol–water partition coefficient (Wildman–Crippen LogP) is 0.967. The van der Waals surface area contributed by atoms with Crippen LogP contribution in [0.4, 0.5) is 5.95 Å². The highest BCUT2D eigenvalue weighted by atomic mass is 16.2. The molecule has 116 valence electrons. The number of para-hydroxylation sites is 1. The first-order chi connectivity index (χ1) is 10.7. The molecule has 2 aromatic rings. The van der Waals surface area contributed by atoms with Crippen LogP contribution in [0.2, 0.25) is 0 Å². The van der Waals surface area contributed by atoms with Gasteiger partial charge in [0.1, 0.15) is 0 Å². The number of amides is 1. The Bertz CT molecular complexity index is 630. The molecule has 0 aliphatic carbocycles. The Morgan fingerprint density at radius 2 is 1.77 bits per heavy atom. The van der Waals surface area contributed by atoms with Crippen molar-refractivity contribution in [2.75, 3.05) is 31.1 Å². The number of carbonyl (C=O) groups is 1. The first-order valence-corrected chi connectivity index (χ1v) is 7.54. The van der Waals surface area contributed by atoms with Crippen molar-refractivity contribution in [3.8, 4) is 5.69 Å². The van der Waals surface area contributed by atoms with Crippen molar-refractivity contribution in [3.63, 3.8) is 0 Å². The van der Waals surface area contributed by atoms with Gasteiger partial charge < -0.3 is 9.80 Å². The van der Waals surface area contributed by atoms with Gasteiger partial charge >= 0.3 is 0 Å². The summed E-state index contributed by atoms with van der Waals surface area (Å²) in [7, 11) is 0. The van der Waals surface area contributed by atoms with Crippen LogP contribution in [0.5, 0.6) is 0 Å². The fourth-order valence-corrected chi connectivity index (χ4v) is 2.61. The number of anilines is 1. The van der Waals surface area contributed by atoms with Crippen LogP contribution in [0, 0.1) is 5.92 Å². The molecular weight excluding hydrogens is 280 g/mol. The molecule has 7 heteroatoms. The number of benzene rings is 1. The lowest BCUT2D eigenvalue weighted by Crippen LogP contribution is -2.50. The highest BCUT2D eigenvalue weighted by Crippen LogP contribution is 2.17. The molecule has 1 aliphatic rings. The SMILES string of the molecule is CC(C)C(=O)N1CCN(c2nnnn2-c2ccccc2)CC1. The number of piperazine rings is 1. The van der Waals surface area contributed by atoms with Crippen molar-refractivity contribution in [2.45, 2.75) is 13.8 Å². The van der Waals surface area contributed by atoms with Gasteiger partial charge in [-0.05, 0) is 22.6 Å². The number of carbonyl (C=O) groups excluding carboxylic acids is 1. The van der Waals surface area contributed by atoms with E-state index in [1.807, 2.05) is 49.1 Å². The third kappa shape index (κ3) is 2.79. The zero-order chi connectivity index (χ0) is 15.5. The Kier molecular flexibility index (Phi) is 4.04. The molecule has 1 fully saturated rings. The van der Waals surface area contributed by atoms with Gasteiger partial charge in [-0.3, -0.25) is 4.79 Å². The van der Waals surface area contributed by atoms with E-state index >= 15 is 0 Å². The quantitative estimate of drug-likeness (QED) is 0.845. The molecule has 0 unspecified atom stereocenters. The minimum Gasteiger partial charge on any atom is -0.339 e. The maximum absolute atomic E-state index is 12.0. The molecule has 1 aliphatic heterocycles. The number of hydrogen-bond acceptors (Lipinski definition) is 5. The summed E-state index contributed by atoms with van der Waals surface area (Å²) in [5.41, 5.74) is 0.934. The highest BCUT2D eigenvalue weighted by Gasteiger charge is 2.25. The van der Waals surface area contributed by atoms with Crippen molar-refractivity contribution in [1.29, 1.82) is 0 Å². The Hall–Kier alpha value is -2.44. The molecule has 1 amide bonds. The topological polar surface area (TPSA) is 67.2 Å². The van der Waals surface area contributed by atoms with Crippen LogP contribution in [0.25, 0.3) is 5.69 Å². The monoisotopic (exact) mass is 300 g/mol. The van der Waals surface area contributed by atoms with E-state index in [9.17, 15) is 4.79 Å². The standard InChI is InChI=1S/C15H20N6O/c1-12(2)14(22)19-8-10-20(11-9-19)15-16-17-18-21(15)13-6-4-3-5-7-13/h3-7,12H,8-11H2,1-2H3. The lowest BCUT2D eigenvalue weighted by atomic mass is 10.1. The first-order valence-electron chi connectivity index (χ1n) is 7.54. The van der Waals surface area contributed by atoms with Crippen molar-refractivity contribution < 1.29 is 4.79 Å². The van der Waals surface area contributed by atoms with Gasteiger partial charge in [0.05, 0.1) is 5.69 Å². The van der Waals surface area contributed by atoms with Crippen LogP contribution in [0.3, 0.4) is 0 Å². The second kappa shape index (κ2) is 6.13. The maximum atomic E-state index is 12.0. The van der Waals surface area contributed by atoms with Gasteiger partial charge in [0.15, 0.2) is 0 Å². The van der Waals surface area contributed by atoms with Crippen molar-refractivity contribution >= 4 is 11.9 Å². The van der Waals surface area contributed by atoms with Crippen LogP contribution in [0.1, 0.15) is 13.8 Å². The summed E-state index contributed by atoms with van der Waals surface area (Å²) in [5, 5.41) is 12.0. The molecule has 0 atom stereocenters. The van der Waals surface area contributed by atoms with E-state index in [0.29, 0.717) is 13.1 Å². The van der Waals surface area contributed by atoms with Crippen molar-refractivity contribution in [2.24, 2.45) is 5.92 Å². The van der Waals surface area contributed by atoms with Gasteiger partial charge in [-0.2, -0.15) is 4.68 Å². The molecule has 0 spiro atoms. The van der Waals surface area contributed by atoms with Gasteiger partial charge in [0, 0.05) is 32.1 Å². The van der Waals surface area contributed by atoms with Crippen LogP contribution in [0.15, 0.2) is 30.3 Å². The van der Waals surface area contributed by atoms with Gasteiger partial charge in [-0.15, -0.1) is 0 Å². The Morgan fingerprint density at radius 1 is 1.09 bits per heavy atom. The van der Waals surface area contributed by atoms with Gasteiger partial charge in [0.25, 0.3) is 0 Å². The van der Waals surface area contributed by atoms with Gasteiger partial charge in [-0.25, -0.2) is 0 Å². The molecule has 0 saturated carbocycles. The lowest BCUT2D eigenvalue weighted by molar-refractivity contribution is -0.134. The highest BCUT2D eigenvalue weighted by molar-refractivity contribution is 5.78. The summed E-state index contributed by atoms with van der Waals surface area (Å²) >= 11 is 0. The Balaban J connectivity index is 1.73. The molecule has 2 heterocycles. The van der Waals surface area contributed by atoms with E-state index in [-0.39, 0.29) is 11.8 Å². The lowest BCUT2D eigenvalue weighted by Gasteiger charge is -2.35. The second-order valence-corrected chi connectivity index (χ2v) is 5.69. The van der Waals surface area contributed by atoms with E-state index in [4.69, 9.17) is 0 Å². The van der Waals surface area contributed by atoms with E-state index in [0.717, 1.165) is 24.7 Å². The minimum atomic E-state index is 0.0428. The number of aromatic nitrogens is 4. The molecule has 1 aromatic heterocycles. The molecule has 1 saturated heterocycles. The van der Waals surface area contributed by atoms with Crippen LogP contribution >= 0.6 is 0 Å². The summed E-state index contributed by atoms with van der Waals surface area (Å²) in [6, 6.07) is 9.82. The van der Waals surface area contributed by atoms with Crippen LogP contribution in [-0.4, -0.2) is 57.2 Å². The smallest absolute Gasteiger partial charge is 0.250 e. The minimum absolute atomic E-state index is 0.0428. The third-order valence-corrected chi connectivity index (χ3v) is 3.82. The number of rotatable bonds is 3. The van der Waals surface area contributed by atoms with E-state index < -0.39 is 0 Å². The van der Waals surface area contributed by atoms with Gasteiger partial charge in [0.2, 0.25) is 11.9 Å². The summed E-state index contributed by atoms with van der Waals surface area (Å²) in [5.74, 6) is 0.978. The Morgan fingerprint density at radius 3 is 2.41 bits per heavy atom. The number of hydrogen-bond donors (Lipinski definition) is 0. The molecule has 1 aromatic carbocycles. The van der Waals surface area contributed by atoms with E-state index in [2.05, 4.69) is 20.4 Å². The fourth-order valence-electron chi connectivity index (χ4n) is 2.61. The third-order valence-electron chi connectivity index (χ3n) is 3.82. The molecule has 7 nitrogen and oxygen atoms in total. The summed E-state index contributed by atoms with van der Waals surface area (Å²) in [4.78, 5) is 16.1. The second-order valence-electron chi connectivity index (χ2n) is 5.69. The molecular formula is C15H20N6O. The number of nitrogens with zero attached hydrogens (tertiary/aromatic N) is 6. The zero-order valence-corrected chi connectivity index (χ0v) is 12.9. The van der Waals surface area contributed by atoms with Crippen LogP contribution < -0.4 is 4.90 Å². The summed E-state index contributed by atoms with van der Waals surface area (Å²) in [6.07, 6.45) is 0. The van der Waals surface area contributed by atoms with E-state index in [1.165, 1.54) is 0 Å². The fraction of sp³-hybridized carbons (Fsp3) is 0.467. The normalized spacial score (nSPS) is 15.4. The predicted molar refractivity (Wildman–Crippen MR) is 82.8 cm³/mol. The molecule has 22 heavy (non-hydrogen) atoms. The van der Waals surface area contributed by atoms with Crippen molar-refractivity contribution in [3.05, 3.63) is 30.3 Å². The molecule has 0 bridgehead atoms. The molecule has 0 radical (unpaired) electrons. The van der Waals surface area contributed by atoms with Gasteiger partial charge in [-0.1, -0.05) is 37.1 Å². The zero-order valence-electron chi connectivity index (χ0n) is 12.9. The average molecular weight is 300 g/mol. The molecule has 0 N–H and O–H groups in total. The molecule has 3 rings (SSSR count).